The highest BCUT2D eigenvalue weighted by Crippen LogP contribution is 2.39. The van der Waals surface area contributed by atoms with Gasteiger partial charge in [0.2, 0.25) is 23.6 Å². The molecule has 1 rings (SSSR count). The van der Waals surface area contributed by atoms with Crippen molar-refractivity contribution in [1.82, 2.24) is 26.6 Å². The van der Waals surface area contributed by atoms with Gasteiger partial charge < -0.3 is 55.7 Å². The molecule has 0 aromatic heterocycles. The molecule has 0 bridgehead atoms. The first-order chi connectivity index (χ1) is 33.4. The van der Waals surface area contributed by atoms with Crippen molar-refractivity contribution in [2.45, 2.75) is 215 Å². The van der Waals surface area contributed by atoms with E-state index in [1.807, 2.05) is 89.3 Å². The van der Waals surface area contributed by atoms with Gasteiger partial charge in [-0.2, -0.15) is 0 Å². The maximum absolute atomic E-state index is 15.5. The normalized spacial score (nSPS) is 15.7. The van der Waals surface area contributed by atoms with E-state index in [1.54, 1.807) is 71.9 Å². The smallest absolute Gasteiger partial charge is 0.408 e. The Bertz CT molecular complexity index is 1960. The highest BCUT2D eigenvalue weighted by Gasteiger charge is 2.46. The Morgan fingerprint density at radius 2 is 1.10 bits per heavy atom. The molecule has 5 amide bonds. The van der Waals surface area contributed by atoms with Gasteiger partial charge in [-0.25, -0.2) is 9.59 Å². The monoisotopic (exact) mass is 1050 g/mol. The van der Waals surface area contributed by atoms with Crippen LogP contribution in [0.3, 0.4) is 0 Å². The highest BCUT2D eigenvalue weighted by atomic mass is 28.4. The first-order valence-electron chi connectivity index (χ1n) is 25.7. The van der Waals surface area contributed by atoms with E-state index < -0.39 is 116 Å². The number of hydrogen-bond donors (Lipinski definition) is 6. The summed E-state index contributed by atoms with van der Waals surface area (Å²) in [4.78, 5) is 100. The van der Waals surface area contributed by atoms with Gasteiger partial charge in [-0.15, -0.1) is 0 Å². The van der Waals surface area contributed by atoms with Gasteiger partial charge in [-0.1, -0.05) is 119 Å². The number of carbonyl (C=O) groups excluding carboxylic acids is 7. The van der Waals surface area contributed by atoms with Gasteiger partial charge in [-0.3, -0.25) is 24.0 Å². The summed E-state index contributed by atoms with van der Waals surface area (Å²) in [6, 6.07) is -0.0101. The Kier molecular flexibility index (Phi) is 26.5. The lowest BCUT2D eigenvalue weighted by molar-refractivity contribution is -0.158. The van der Waals surface area contributed by atoms with E-state index in [0.717, 1.165) is 0 Å². The lowest BCUT2D eigenvalue weighted by Crippen LogP contribution is -2.64. The zero-order valence-electron chi connectivity index (χ0n) is 47.6. The summed E-state index contributed by atoms with van der Waals surface area (Å²) in [6.07, 6.45) is -1.57. The van der Waals surface area contributed by atoms with Crippen LogP contribution in [0.1, 0.15) is 149 Å². The van der Waals surface area contributed by atoms with Crippen LogP contribution in [-0.4, -0.2) is 117 Å². The van der Waals surface area contributed by atoms with Gasteiger partial charge >= 0.3 is 18.0 Å². The van der Waals surface area contributed by atoms with Crippen LogP contribution < -0.4 is 32.3 Å². The predicted molar refractivity (Wildman–Crippen MR) is 286 cm³/mol. The number of esters is 2. The standard InChI is InChI=1S/C54H94N6O12Si/c1-21-27-68-50(66)40(30-34(6)7)57-47(63)41(43(35(8)9)72-73(19,20)54(16,17)18)60-48(64)42(44(36-25-23-22-24-26-36)70-49(65)37(55)31-69-52(10,11)12)59-46(62)38(28-32(2)3)56-45(61)39(29-33(4)5)58-51(67)71-53(13,14)15/h21-26,32-35,37-44H,1,27-31,55H2,2-20H3,(H,56,61)(H,57,63)(H,58,67)(H,59,62)(H,60,64)/t37-,38-,39+,40-,41-,42-,43+,44+/m0/s1. The minimum Gasteiger partial charge on any atom is -0.460 e. The fraction of sp³-hybridized carbons (Fsp3) is 0.722. The van der Waals surface area contributed by atoms with Crippen LogP contribution in [0.4, 0.5) is 4.79 Å². The first kappa shape index (κ1) is 66.2. The van der Waals surface area contributed by atoms with Crippen molar-refractivity contribution < 1.29 is 56.9 Å². The molecule has 0 spiro atoms. The number of nitrogens with one attached hydrogen (secondary N) is 5. The van der Waals surface area contributed by atoms with Crippen molar-refractivity contribution in [3.05, 3.63) is 48.6 Å². The molecular formula is C54H94N6O12Si. The predicted octanol–water partition coefficient (Wildman–Crippen LogP) is 7.16. The molecule has 18 nitrogen and oxygen atoms in total. The molecule has 1 aromatic carbocycles. The number of alkyl carbamates (subject to hydrolysis) is 1. The molecule has 0 saturated carbocycles. The average Bonchev–Trinajstić information content (AvgIpc) is 3.24. The van der Waals surface area contributed by atoms with Crippen molar-refractivity contribution in [3.63, 3.8) is 0 Å². The second-order valence-electron chi connectivity index (χ2n) is 24.0. The molecule has 0 heterocycles. The van der Waals surface area contributed by atoms with Gasteiger partial charge in [0.05, 0.1) is 18.3 Å². The van der Waals surface area contributed by atoms with Gasteiger partial charge in [0.1, 0.15) is 48.5 Å². The minimum atomic E-state index is -2.74. The van der Waals surface area contributed by atoms with Crippen LogP contribution in [0.5, 0.6) is 0 Å². The van der Waals surface area contributed by atoms with Gasteiger partial charge in [0.15, 0.2) is 14.4 Å². The summed E-state index contributed by atoms with van der Waals surface area (Å²) < 4.78 is 29.8. The van der Waals surface area contributed by atoms with E-state index in [0.29, 0.717) is 0 Å². The number of ether oxygens (including phenoxy) is 4. The lowest BCUT2D eigenvalue weighted by Gasteiger charge is -2.43. The van der Waals surface area contributed by atoms with Crippen LogP contribution in [0.25, 0.3) is 0 Å². The van der Waals surface area contributed by atoms with Crippen molar-refractivity contribution in [2.24, 2.45) is 29.4 Å². The molecule has 0 fully saturated rings. The third-order valence-corrected chi connectivity index (χ3v) is 16.2. The Balaban J connectivity index is 4.26. The van der Waals surface area contributed by atoms with Crippen molar-refractivity contribution in [3.8, 4) is 0 Å². The number of hydrogen-bond acceptors (Lipinski definition) is 13. The summed E-state index contributed by atoms with van der Waals surface area (Å²) in [7, 11) is -2.74. The molecule has 19 heteroatoms. The summed E-state index contributed by atoms with van der Waals surface area (Å²) in [6.45, 7) is 38.7. The molecule has 73 heavy (non-hydrogen) atoms. The van der Waals surface area contributed by atoms with Gasteiger partial charge in [-0.05, 0) is 108 Å². The van der Waals surface area contributed by atoms with Crippen LogP contribution in [-0.2, 0) is 52.1 Å². The molecule has 0 aliphatic carbocycles. The topological polar surface area (TPSA) is 252 Å². The zero-order valence-corrected chi connectivity index (χ0v) is 48.6. The second kappa shape index (κ2) is 29.3. The van der Waals surface area contributed by atoms with Gasteiger partial charge in [0.25, 0.3) is 0 Å². The van der Waals surface area contributed by atoms with E-state index in [-0.39, 0.29) is 60.8 Å². The average molecular weight is 1050 g/mol. The molecule has 7 N–H and O–H groups in total. The molecule has 0 unspecified atom stereocenters. The minimum absolute atomic E-state index is 0.0670. The van der Waals surface area contributed by atoms with E-state index in [9.17, 15) is 28.8 Å². The Labute approximate surface area is 438 Å². The molecule has 0 aliphatic rings. The summed E-state index contributed by atoms with van der Waals surface area (Å²) >= 11 is 0. The molecule has 0 aliphatic heterocycles. The Morgan fingerprint density at radius 1 is 0.630 bits per heavy atom. The summed E-state index contributed by atoms with van der Waals surface area (Å²) in [5.41, 5.74) is 5.09. The maximum atomic E-state index is 15.5. The number of benzene rings is 1. The van der Waals surface area contributed by atoms with Crippen molar-refractivity contribution >= 4 is 50.0 Å². The number of carbonyl (C=O) groups is 7. The largest absolute Gasteiger partial charge is 0.460 e. The molecule has 0 saturated heterocycles. The van der Waals surface area contributed by atoms with E-state index >= 15 is 4.79 Å². The van der Waals surface area contributed by atoms with Crippen LogP contribution in [0.15, 0.2) is 43.0 Å². The zero-order chi connectivity index (χ0) is 56.4. The van der Waals surface area contributed by atoms with Crippen LogP contribution in [0.2, 0.25) is 18.1 Å². The van der Waals surface area contributed by atoms with Crippen LogP contribution >= 0.6 is 0 Å². The lowest BCUT2D eigenvalue weighted by atomic mass is 9.95. The molecule has 1 aromatic rings. The Hall–Kier alpha value is -4.85. The van der Waals surface area contributed by atoms with Crippen molar-refractivity contribution in [2.75, 3.05) is 13.2 Å². The van der Waals surface area contributed by atoms with E-state index in [4.69, 9.17) is 29.1 Å². The molecule has 8 atom stereocenters. The second-order valence-corrected chi connectivity index (χ2v) is 28.7. The molecule has 0 radical (unpaired) electrons. The number of amides is 5. The van der Waals surface area contributed by atoms with E-state index in [1.165, 1.54) is 6.08 Å². The fourth-order valence-corrected chi connectivity index (χ4v) is 8.53. The highest BCUT2D eigenvalue weighted by molar-refractivity contribution is 6.74. The summed E-state index contributed by atoms with van der Waals surface area (Å²) in [5.74, 6) is -5.72. The van der Waals surface area contributed by atoms with Crippen molar-refractivity contribution in [1.29, 1.82) is 0 Å². The van der Waals surface area contributed by atoms with Gasteiger partial charge in [0, 0.05) is 0 Å². The quantitative estimate of drug-likeness (QED) is 0.0211. The van der Waals surface area contributed by atoms with E-state index in [2.05, 4.69) is 33.2 Å². The molecular weight excluding hydrogens is 953 g/mol. The summed E-state index contributed by atoms with van der Waals surface area (Å²) in [5, 5.41) is 13.6. The van der Waals surface area contributed by atoms with Crippen LogP contribution in [0, 0.1) is 23.7 Å². The maximum Gasteiger partial charge on any atom is 0.408 e. The Morgan fingerprint density at radius 3 is 1.56 bits per heavy atom. The number of rotatable bonds is 28. The third kappa shape index (κ3) is 24.4. The molecule has 416 valence electrons. The SMILES string of the molecule is C=CCOC(=O)[C@H](CC(C)C)NC(=O)[C@@H](NC(=O)[C@@H](NC(=O)[C@H](CC(C)C)NC(=O)[C@@H](CC(C)C)NC(=O)OC(C)(C)C)[C@H](OC(=O)[C@@H](N)COC(C)(C)C)c1ccccc1)[C@H](O[Si](C)(C)C(C)(C)C)C(C)C. The number of nitrogens with two attached hydrogens (primary N) is 1. The first-order valence-corrected chi connectivity index (χ1v) is 28.6. The fourth-order valence-electron chi connectivity index (χ4n) is 7.09. The third-order valence-electron chi connectivity index (χ3n) is 11.8.